The molecule has 3 aromatic carbocycles. The number of carbonyl (C=O) groups is 4. The van der Waals surface area contributed by atoms with Crippen molar-refractivity contribution in [3.05, 3.63) is 65.9 Å². The molecule has 6 aliphatic rings. The van der Waals surface area contributed by atoms with Crippen LogP contribution in [0.15, 0.2) is 48.7 Å². The summed E-state index contributed by atoms with van der Waals surface area (Å²) < 4.78 is 28.9. The molecule has 5 aromatic rings. The number of methoxy groups -OCH3 is 2. The van der Waals surface area contributed by atoms with Gasteiger partial charge in [-0.05, 0) is 137 Å². The second-order valence-corrected chi connectivity index (χ2v) is 21.5. The molecule has 4 N–H and O–H groups in total. The van der Waals surface area contributed by atoms with Crippen LogP contribution in [0.5, 0.6) is 5.75 Å². The number of piperidine rings is 1. The van der Waals surface area contributed by atoms with Crippen LogP contribution in [0.4, 0.5) is 9.59 Å². The summed E-state index contributed by atoms with van der Waals surface area (Å²) in [4.78, 5) is 75.8. The smallest absolute Gasteiger partial charge is 0.407 e. The number of aromatic amines is 2. The number of likely N-dealkylation sites (tertiary alicyclic amines) is 1. The molecule has 2 aromatic heterocycles. The zero-order valence-corrected chi connectivity index (χ0v) is 42.0. The predicted octanol–water partition coefficient (Wildman–Crippen LogP) is 8.34. The summed E-state index contributed by atoms with van der Waals surface area (Å²) in [6.45, 7) is 15.0. The number of carbonyl (C=O) groups excluding carboxylic acids is 4. The van der Waals surface area contributed by atoms with E-state index in [0.29, 0.717) is 31.7 Å². The van der Waals surface area contributed by atoms with Gasteiger partial charge in [0.05, 0.1) is 73.6 Å². The fourth-order valence-corrected chi connectivity index (χ4v) is 13.7. The van der Waals surface area contributed by atoms with E-state index in [1.54, 1.807) is 0 Å². The number of hydrogen-bond acceptors (Lipinski definition) is 11. The number of hydrogen-bond donors (Lipinski definition) is 4. The molecule has 376 valence electrons. The Morgan fingerprint density at radius 3 is 2.31 bits per heavy atom. The van der Waals surface area contributed by atoms with Gasteiger partial charge in [0.2, 0.25) is 11.8 Å². The molecular formula is C54H66N8O9. The first-order chi connectivity index (χ1) is 34.1. The maximum atomic E-state index is 14.7. The molecule has 0 saturated carbocycles. The lowest BCUT2D eigenvalue weighted by molar-refractivity contribution is -0.170. The Bertz CT molecular complexity index is 2910. The van der Waals surface area contributed by atoms with Crippen LogP contribution in [-0.4, -0.2) is 117 Å². The Morgan fingerprint density at radius 1 is 0.803 bits per heavy atom. The molecule has 5 fully saturated rings. The van der Waals surface area contributed by atoms with Crippen molar-refractivity contribution in [2.24, 2.45) is 29.6 Å². The van der Waals surface area contributed by atoms with Crippen LogP contribution in [0, 0.1) is 29.6 Å². The lowest BCUT2D eigenvalue weighted by atomic mass is 9.68. The molecule has 0 radical (unpaired) electrons. The van der Waals surface area contributed by atoms with Gasteiger partial charge in [-0.2, -0.15) is 0 Å². The molecule has 17 nitrogen and oxygen atoms in total. The summed E-state index contributed by atoms with van der Waals surface area (Å²) in [5.41, 5.74) is 6.56. The Morgan fingerprint density at radius 2 is 1.55 bits per heavy atom. The first-order valence-corrected chi connectivity index (χ1v) is 25.5. The van der Waals surface area contributed by atoms with Crippen molar-refractivity contribution in [2.75, 3.05) is 14.2 Å². The topological polar surface area (TPSA) is 202 Å². The monoisotopic (exact) mass is 970 g/mol. The molecule has 6 aliphatic heterocycles. The average molecular weight is 971 g/mol. The first kappa shape index (κ1) is 47.1. The van der Waals surface area contributed by atoms with E-state index < -0.39 is 24.3 Å². The van der Waals surface area contributed by atoms with E-state index in [4.69, 9.17) is 33.7 Å². The predicted molar refractivity (Wildman–Crippen MR) is 264 cm³/mol. The van der Waals surface area contributed by atoms with E-state index in [9.17, 15) is 19.2 Å². The molecule has 4 amide bonds. The standard InChI is InChI=1S/C54H66N8O9/c1-24-14-41(61(29(24)6)51(63)45(59-53(65)67-8)33-16-26(3)70-27(4)17-33)49-55-22-40(57-49)32-10-12-35-34(19-32)23-69-43-21-36-31(20-37(35)43)11-13-39-46(36)58-50(56-39)42-15-25(2)48-44-30(7)71-28(5)18-38(44)47(52(64)62(42)48)60-54(66)68-9/h10-13,19-22,24-30,33,38,41-42,44-45,47-48H,14-18,23H2,1-9H3,(H,55,57)(H,56,58)(H,59,65)(H,60,66)/t24-,25-,26+,27+,28+,29-,30+,38?,41-,42-,44?,45-,47-,48+/m0/s1. The lowest BCUT2D eigenvalue weighted by Gasteiger charge is -2.53. The number of aromatic nitrogens is 4. The third kappa shape index (κ3) is 8.07. The van der Waals surface area contributed by atoms with Gasteiger partial charge >= 0.3 is 12.2 Å². The van der Waals surface area contributed by atoms with Crippen LogP contribution < -0.4 is 15.4 Å². The van der Waals surface area contributed by atoms with Crippen molar-refractivity contribution in [2.45, 2.75) is 148 Å². The zero-order chi connectivity index (χ0) is 49.7. The minimum atomic E-state index is -0.762. The second kappa shape index (κ2) is 18.1. The highest BCUT2D eigenvalue weighted by Gasteiger charge is 2.60. The Kier molecular flexibility index (Phi) is 12.0. The minimum Gasteiger partial charge on any atom is -0.488 e. The second-order valence-electron chi connectivity index (χ2n) is 21.5. The number of H-pyrrole nitrogens is 2. The summed E-state index contributed by atoms with van der Waals surface area (Å²) in [5, 5.41) is 7.77. The van der Waals surface area contributed by atoms with Crippen molar-refractivity contribution >= 4 is 45.8 Å². The Hall–Kier alpha value is -6.20. The largest absolute Gasteiger partial charge is 0.488 e. The van der Waals surface area contributed by atoms with Gasteiger partial charge in [-0.25, -0.2) is 19.6 Å². The van der Waals surface area contributed by atoms with E-state index in [-0.39, 0.29) is 90.0 Å². The summed E-state index contributed by atoms with van der Waals surface area (Å²) in [7, 11) is 2.64. The van der Waals surface area contributed by atoms with E-state index in [1.807, 2.05) is 36.8 Å². The minimum absolute atomic E-state index is 0.0289. The molecule has 5 saturated heterocycles. The summed E-state index contributed by atoms with van der Waals surface area (Å²) in [6.07, 6.45) is 3.82. The summed E-state index contributed by atoms with van der Waals surface area (Å²) >= 11 is 0. The number of fused-ring (bicyclic) bond motifs is 9. The number of nitrogens with one attached hydrogen (secondary N) is 4. The lowest BCUT2D eigenvalue weighted by Crippen LogP contribution is -2.67. The number of benzene rings is 3. The van der Waals surface area contributed by atoms with Crippen LogP contribution in [0.3, 0.4) is 0 Å². The number of alkyl carbamates (subject to hydrolysis) is 2. The molecule has 2 unspecified atom stereocenters. The number of nitrogens with zero attached hydrogens (tertiary/aromatic N) is 4. The molecular weight excluding hydrogens is 905 g/mol. The van der Waals surface area contributed by atoms with E-state index in [0.717, 1.165) is 74.2 Å². The Balaban J connectivity index is 0.858. The third-order valence-corrected chi connectivity index (χ3v) is 17.0. The molecule has 0 aliphatic carbocycles. The highest BCUT2D eigenvalue weighted by atomic mass is 16.5. The van der Waals surface area contributed by atoms with Crippen molar-refractivity contribution < 1.29 is 42.9 Å². The number of rotatable bonds is 7. The number of amides is 4. The SMILES string of the molecule is COC(=O)N[C@H](C(=O)N1[C@H](c2ncc(-c3ccc4c(c3)COc3cc5c(ccc6[nH]c([C@@H]7C[C@H](C)[C@@H]8C9C(C[C@@H](C)O[C@@H]9C)[C@H](NC(=O)OC)C(=O)N78)nc65)cc3-4)[nH]2)C[C@H](C)[C@@H]1C)C1C[C@@H](C)O[C@H](C)C1. The van der Waals surface area contributed by atoms with Gasteiger partial charge in [-0.3, -0.25) is 9.59 Å². The van der Waals surface area contributed by atoms with Gasteiger partial charge in [0, 0.05) is 29.0 Å². The normalized spacial score (nSPS) is 32.6. The molecule has 0 spiro atoms. The van der Waals surface area contributed by atoms with Crippen LogP contribution >= 0.6 is 0 Å². The average Bonchev–Trinajstić information content (AvgIpc) is 4.15. The van der Waals surface area contributed by atoms with Crippen LogP contribution in [0.2, 0.25) is 0 Å². The highest BCUT2D eigenvalue weighted by Crippen LogP contribution is 2.52. The fraction of sp³-hybridized carbons (Fsp3) is 0.556. The molecule has 8 heterocycles. The van der Waals surface area contributed by atoms with Gasteiger partial charge in [-0.1, -0.05) is 32.0 Å². The van der Waals surface area contributed by atoms with E-state index in [2.05, 4.69) is 90.8 Å². The van der Waals surface area contributed by atoms with Gasteiger partial charge in [0.1, 0.15) is 36.1 Å². The molecule has 71 heavy (non-hydrogen) atoms. The first-order valence-electron chi connectivity index (χ1n) is 25.5. The van der Waals surface area contributed by atoms with Crippen LogP contribution in [0.25, 0.3) is 44.2 Å². The maximum absolute atomic E-state index is 14.7. The molecule has 0 bridgehead atoms. The third-order valence-electron chi connectivity index (χ3n) is 17.0. The maximum Gasteiger partial charge on any atom is 0.407 e. The number of imidazole rings is 2. The zero-order valence-electron chi connectivity index (χ0n) is 42.0. The van der Waals surface area contributed by atoms with Crippen molar-refractivity contribution in [3.8, 4) is 28.1 Å². The summed E-state index contributed by atoms with van der Waals surface area (Å²) in [5.74, 6) is 2.20. The van der Waals surface area contributed by atoms with Crippen LogP contribution in [-0.2, 0) is 35.1 Å². The van der Waals surface area contributed by atoms with Crippen molar-refractivity contribution in [1.29, 1.82) is 0 Å². The number of ether oxygens (including phenoxy) is 5. The summed E-state index contributed by atoms with van der Waals surface area (Å²) in [6, 6.07) is 12.5. The van der Waals surface area contributed by atoms with Gasteiger partial charge in [-0.15, -0.1) is 0 Å². The molecule has 14 atom stereocenters. The van der Waals surface area contributed by atoms with Gasteiger partial charge < -0.3 is 54.1 Å². The van der Waals surface area contributed by atoms with E-state index in [1.165, 1.54) is 14.2 Å². The highest BCUT2D eigenvalue weighted by molar-refractivity contribution is 6.07. The van der Waals surface area contributed by atoms with Crippen LogP contribution in [0.1, 0.15) is 110 Å². The Labute approximate surface area is 413 Å². The van der Waals surface area contributed by atoms with E-state index >= 15 is 0 Å². The van der Waals surface area contributed by atoms with Gasteiger partial charge in [0.25, 0.3) is 0 Å². The molecule has 11 rings (SSSR count). The quantitative estimate of drug-likeness (QED) is 0.122. The van der Waals surface area contributed by atoms with Crippen molar-refractivity contribution in [3.63, 3.8) is 0 Å². The van der Waals surface area contributed by atoms with Crippen molar-refractivity contribution in [1.82, 2.24) is 40.4 Å². The van der Waals surface area contributed by atoms with Gasteiger partial charge in [0.15, 0.2) is 0 Å². The fourth-order valence-electron chi connectivity index (χ4n) is 13.7. The molecule has 17 heteroatoms.